The van der Waals surface area contributed by atoms with Crippen LogP contribution in [0.4, 0.5) is 0 Å². The summed E-state index contributed by atoms with van der Waals surface area (Å²) < 4.78 is 7.55. The van der Waals surface area contributed by atoms with Crippen LogP contribution in [0.25, 0.3) is 0 Å². The highest BCUT2D eigenvalue weighted by Crippen LogP contribution is 2.30. The molecule has 3 nitrogen and oxygen atoms in total. The van der Waals surface area contributed by atoms with Crippen LogP contribution in [0.1, 0.15) is 51.3 Å². The minimum Gasteiger partial charge on any atom is -0.372 e. The molecule has 0 spiro atoms. The first-order valence-corrected chi connectivity index (χ1v) is 6.39. The molecule has 1 aromatic heterocycles. The quantitative estimate of drug-likeness (QED) is 0.807. The molecule has 1 heterocycles. The molecule has 1 aliphatic carbocycles. The molecule has 90 valence electrons. The zero-order chi connectivity index (χ0) is 11.5. The molecule has 0 amide bonds. The van der Waals surface area contributed by atoms with Crippen molar-refractivity contribution in [3.63, 3.8) is 0 Å². The van der Waals surface area contributed by atoms with E-state index in [0.29, 0.717) is 12.6 Å². The number of aromatic nitrogens is 2. The molecular formula is C12H19ClN2O. The fraction of sp³-hybridized carbons (Fsp3) is 0.750. The van der Waals surface area contributed by atoms with E-state index in [2.05, 4.69) is 5.10 Å². The molecule has 1 fully saturated rings. The molecule has 0 saturated heterocycles. The highest BCUT2D eigenvalue weighted by molar-refractivity contribution is 6.31. The third-order valence-corrected chi connectivity index (χ3v) is 3.33. The Hall–Kier alpha value is -0.540. The van der Waals surface area contributed by atoms with E-state index in [0.717, 1.165) is 10.7 Å². The van der Waals surface area contributed by atoms with Gasteiger partial charge >= 0.3 is 0 Å². The number of hydrogen-bond acceptors (Lipinski definition) is 2. The Morgan fingerprint density at radius 3 is 2.81 bits per heavy atom. The first kappa shape index (κ1) is 11.9. The van der Waals surface area contributed by atoms with Gasteiger partial charge < -0.3 is 4.74 Å². The first-order valence-electron chi connectivity index (χ1n) is 6.02. The molecule has 1 aliphatic rings. The van der Waals surface area contributed by atoms with Gasteiger partial charge in [0.05, 0.1) is 23.8 Å². The average molecular weight is 243 g/mol. The van der Waals surface area contributed by atoms with Gasteiger partial charge in [0.15, 0.2) is 0 Å². The molecule has 0 unspecified atom stereocenters. The zero-order valence-electron chi connectivity index (χ0n) is 9.95. The summed E-state index contributed by atoms with van der Waals surface area (Å²) in [6.45, 7) is 4.54. The van der Waals surface area contributed by atoms with Crippen molar-refractivity contribution in [3.05, 3.63) is 16.9 Å². The second-order valence-corrected chi connectivity index (χ2v) is 5.11. The molecule has 0 aliphatic heterocycles. The lowest BCUT2D eigenvalue weighted by Crippen LogP contribution is -2.07. The smallest absolute Gasteiger partial charge is 0.107 e. The number of hydrogen-bond donors (Lipinski definition) is 0. The molecule has 0 bridgehead atoms. The Balaban J connectivity index is 2.02. The third-order valence-electron chi connectivity index (χ3n) is 3.01. The highest BCUT2D eigenvalue weighted by atomic mass is 35.5. The monoisotopic (exact) mass is 242 g/mol. The molecule has 0 aromatic carbocycles. The third kappa shape index (κ3) is 2.77. The van der Waals surface area contributed by atoms with Gasteiger partial charge in [-0.05, 0) is 26.7 Å². The van der Waals surface area contributed by atoms with Crippen LogP contribution in [0.15, 0.2) is 6.20 Å². The highest BCUT2D eigenvalue weighted by Gasteiger charge is 2.19. The van der Waals surface area contributed by atoms with Gasteiger partial charge in [-0.15, -0.1) is 0 Å². The van der Waals surface area contributed by atoms with E-state index in [1.165, 1.54) is 25.7 Å². The molecule has 4 heteroatoms. The Labute approximate surface area is 102 Å². The van der Waals surface area contributed by atoms with E-state index in [4.69, 9.17) is 16.3 Å². The van der Waals surface area contributed by atoms with Gasteiger partial charge in [-0.1, -0.05) is 24.4 Å². The Kier molecular flexibility index (Phi) is 3.87. The summed E-state index contributed by atoms with van der Waals surface area (Å²) >= 11 is 6.14. The van der Waals surface area contributed by atoms with Crippen molar-refractivity contribution in [2.75, 3.05) is 0 Å². The van der Waals surface area contributed by atoms with Crippen LogP contribution in [0, 0.1) is 0 Å². The van der Waals surface area contributed by atoms with Crippen molar-refractivity contribution in [2.24, 2.45) is 0 Å². The van der Waals surface area contributed by atoms with Crippen molar-refractivity contribution in [1.29, 1.82) is 0 Å². The standard InChI is InChI=1S/C12H19ClN2O/c1-9(2)16-8-12-11(13)7-15(14-12)10-5-3-4-6-10/h7,9-10H,3-6,8H2,1-2H3. The summed E-state index contributed by atoms with van der Waals surface area (Å²) in [5.41, 5.74) is 0.863. The van der Waals surface area contributed by atoms with Crippen molar-refractivity contribution in [2.45, 2.75) is 58.3 Å². The maximum Gasteiger partial charge on any atom is 0.107 e. The predicted molar refractivity (Wildman–Crippen MR) is 64.7 cm³/mol. The lowest BCUT2D eigenvalue weighted by Gasteiger charge is -2.09. The molecule has 0 radical (unpaired) electrons. The summed E-state index contributed by atoms with van der Waals surface area (Å²) in [4.78, 5) is 0. The number of halogens is 1. The first-order chi connectivity index (χ1) is 7.66. The molecule has 1 aromatic rings. The number of rotatable bonds is 4. The van der Waals surface area contributed by atoms with E-state index in [9.17, 15) is 0 Å². The van der Waals surface area contributed by atoms with Gasteiger partial charge in [0, 0.05) is 6.20 Å². The van der Waals surface area contributed by atoms with E-state index >= 15 is 0 Å². The lowest BCUT2D eigenvalue weighted by molar-refractivity contribution is 0.0632. The topological polar surface area (TPSA) is 27.1 Å². The van der Waals surface area contributed by atoms with Gasteiger partial charge in [-0.2, -0.15) is 5.10 Å². The molecular weight excluding hydrogens is 224 g/mol. The summed E-state index contributed by atoms with van der Waals surface area (Å²) in [6, 6.07) is 0.547. The van der Waals surface area contributed by atoms with Crippen molar-refractivity contribution in [3.8, 4) is 0 Å². The van der Waals surface area contributed by atoms with Crippen LogP contribution in [0.5, 0.6) is 0 Å². The van der Waals surface area contributed by atoms with E-state index < -0.39 is 0 Å². The van der Waals surface area contributed by atoms with Crippen LogP contribution in [0.3, 0.4) is 0 Å². The van der Waals surface area contributed by atoms with Crippen LogP contribution in [-0.2, 0) is 11.3 Å². The maximum absolute atomic E-state index is 6.14. The Morgan fingerprint density at radius 2 is 2.19 bits per heavy atom. The largest absolute Gasteiger partial charge is 0.372 e. The SMILES string of the molecule is CC(C)OCc1nn(C2CCCC2)cc1Cl. The fourth-order valence-corrected chi connectivity index (χ4v) is 2.30. The van der Waals surface area contributed by atoms with Gasteiger partial charge in [0.1, 0.15) is 5.69 Å². The van der Waals surface area contributed by atoms with Crippen molar-refractivity contribution in [1.82, 2.24) is 9.78 Å². The number of nitrogens with zero attached hydrogens (tertiary/aromatic N) is 2. The summed E-state index contributed by atoms with van der Waals surface area (Å²) in [7, 11) is 0. The molecule has 2 rings (SSSR count). The molecule has 1 saturated carbocycles. The van der Waals surface area contributed by atoms with Gasteiger partial charge in [0.25, 0.3) is 0 Å². The summed E-state index contributed by atoms with van der Waals surface area (Å²) in [5, 5.41) is 5.25. The van der Waals surface area contributed by atoms with Crippen molar-refractivity contribution < 1.29 is 4.74 Å². The number of ether oxygens (including phenoxy) is 1. The van der Waals surface area contributed by atoms with Crippen molar-refractivity contribution >= 4 is 11.6 Å². The summed E-state index contributed by atoms with van der Waals surface area (Å²) in [5.74, 6) is 0. The van der Waals surface area contributed by atoms with Gasteiger partial charge in [0.2, 0.25) is 0 Å². The van der Waals surface area contributed by atoms with Gasteiger partial charge in [-0.25, -0.2) is 0 Å². The normalized spacial score (nSPS) is 17.5. The second kappa shape index (κ2) is 5.19. The molecule has 16 heavy (non-hydrogen) atoms. The molecule has 0 atom stereocenters. The minimum absolute atomic E-state index is 0.215. The average Bonchev–Trinajstić information content (AvgIpc) is 2.83. The van der Waals surface area contributed by atoms with E-state index in [-0.39, 0.29) is 6.10 Å². The van der Waals surface area contributed by atoms with Gasteiger partial charge in [-0.3, -0.25) is 4.68 Å². The van der Waals surface area contributed by atoms with Crippen LogP contribution in [-0.4, -0.2) is 15.9 Å². The van der Waals surface area contributed by atoms with E-state index in [1.54, 1.807) is 0 Å². The zero-order valence-corrected chi connectivity index (χ0v) is 10.7. The van der Waals surface area contributed by atoms with Crippen LogP contribution >= 0.6 is 11.6 Å². The van der Waals surface area contributed by atoms with E-state index in [1.807, 2.05) is 24.7 Å². The lowest BCUT2D eigenvalue weighted by atomic mass is 10.3. The Morgan fingerprint density at radius 1 is 1.50 bits per heavy atom. The fourth-order valence-electron chi connectivity index (χ4n) is 2.11. The second-order valence-electron chi connectivity index (χ2n) is 4.70. The predicted octanol–water partition coefficient (Wildman–Crippen LogP) is 3.58. The molecule has 0 N–H and O–H groups in total. The van der Waals surface area contributed by atoms with Crippen LogP contribution < -0.4 is 0 Å². The minimum atomic E-state index is 0.215. The van der Waals surface area contributed by atoms with Crippen LogP contribution in [0.2, 0.25) is 5.02 Å². The summed E-state index contributed by atoms with van der Waals surface area (Å²) in [6.07, 6.45) is 7.22. The Bertz CT molecular complexity index is 343. The maximum atomic E-state index is 6.14.